The Morgan fingerprint density at radius 2 is 2.44 bits per heavy atom. The van der Waals surface area contributed by atoms with Crippen LogP contribution in [0.1, 0.15) is 6.92 Å². The second-order valence-corrected chi connectivity index (χ2v) is 5.27. The van der Waals surface area contributed by atoms with Crippen molar-refractivity contribution in [3.63, 3.8) is 0 Å². The summed E-state index contributed by atoms with van der Waals surface area (Å²) in [5.74, 6) is 3.35. The number of carbonyl (C=O) groups excluding carboxylic acids is 1. The molecule has 0 aromatic rings. The molecule has 3 nitrogen and oxygen atoms in total. The quantitative estimate of drug-likeness (QED) is 0.564. The van der Waals surface area contributed by atoms with E-state index in [1.807, 2.05) is 6.20 Å². The fourth-order valence-electron chi connectivity index (χ4n) is 3.78. The van der Waals surface area contributed by atoms with Gasteiger partial charge < -0.3 is 9.64 Å². The molecule has 0 unspecified atom stereocenters. The molecule has 16 heavy (non-hydrogen) atoms. The van der Waals surface area contributed by atoms with E-state index >= 15 is 0 Å². The predicted octanol–water partition coefficient (Wildman–Crippen LogP) is 0.874. The summed E-state index contributed by atoms with van der Waals surface area (Å²) in [7, 11) is 1.80. The van der Waals surface area contributed by atoms with Crippen LogP contribution in [0.15, 0.2) is 12.3 Å². The van der Waals surface area contributed by atoms with Crippen LogP contribution in [0.4, 0.5) is 0 Å². The molecule has 0 aromatic carbocycles. The van der Waals surface area contributed by atoms with Gasteiger partial charge in [-0.25, -0.2) is 0 Å². The van der Waals surface area contributed by atoms with Gasteiger partial charge in [0.05, 0.1) is 18.6 Å². The van der Waals surface area contributed by atoms with Crippen LogP contribution in [0.25, 0.3) is 0 Å². The molecule has 1 saturated carbocycles. The summed E-state index contributed by atoms with van der Waals surface area (Å²) in [6.07, 6.45) is 9.55. The van der Waals surface area contributed by atoms with E-state index in [2.05, 4.69) is 18.9 Å². The van der Waals surface area contributed by atoms with Crippen molar-refractivity contribution >= 4 is 5.91 Å². The lowest BCUT2D eigenvalue weighted by Crippen LogP contribution is -2.68. The molecule has 1 saturated heterocycles. The third-order valence-electron chi connectivity index (χ3n) is 4.70. The molecular weight excluding hydrogens is 202 g/mol. The average molecular weight is 217 g/mol. The Bertz CT molecular complexity index is 436. The van der Waals surface area contributed by atoms with Crippen LogP contribution >= 0.6 is 0 Å². The van der Waals surface area contributed by atoms with E-state index < -0.39 is 0 Å². The van der Waals surface area contributed by atoms with Crippen LogP contribution in [-0.2, 0) is 9.53 Å². The van der Waals surface area contributed by atoms with Crippen molar-refractivity contribution in [2.24, 2.45) is 22.7 Å². The predicted molar refractivity (Wildman–Crippen MR) is 59.1 cm³/mol. The third kappa shape index (κ3) is 0.769. The average Bonchev–Trinajstić information content (AvgIpc) is 2.67. The van der Waals surface area contributed by atoms with Crippen molar-refractivity contribution in [2.75, 3.05) is 20.3 Å². The fourth-order valence-corrected chi connectivity index (χ4v) is 3.78. The zero-order valence-electron chi connectivity index (χ0n) is 9.56. The fraction of sp³-hybridized carbons (Fsp3) is 0.615. The SMILES string of the molecule is C#C[C@]1(C)[C@H]2C=CN(C)C(=O)[C@]23COC[C@H]13. The van der Waals surface area contributed by atoms with Gasteiger partial charge in [0.25, 0.3) is 0 Å². The highest BCUT2D eigenvalue weighted by molar-refractivity contribution is 5.88. The molecule has 2 aliphatic heterocycles. The summed E-state index contributed by atoms with van der Waals surface area (Å²) in [6, 6.07) is 0. The number of hydrogen-bond donors (Lipinski definition) is 0. The molecule has 2 heterocycles. The highest BCUT2D eigenvalue weighted by atomic mass is 16.5. The molecule has 1 aliphatic carbocycles. The van der Waals surface area contributed by atoms with Crippen molar-refractivity contribution in [3.05, 3.63) is 12.3 Å². The first-order valence-corrected chi connectivity index (χ1v) is 5.58. The first-order chi connectivity index (χ1) is 7.57. The van der Waals surface area contributed by atoms with Crippen molar-refractivity contribution < 1.29 is 9.53 Å². The number of nitrogens with zero attached hydrogens (tertiary/aromatic N) is 1. The Kier molecular flexibility index (Phi) is 1.67. The Balaban J connectivity index is 2.12. The second kappa shape index (κ2) is 2.70. The van der Waals surface area contributed by atoms with Gasteiger partial charge in [0.15, 0.2) is 0 Å². The van der Waals surface area contributed by atoms with E-state index in [-0.39, 0.29) is 28.6 Å². The summed E-state index contributed by atoms with van der Waals surface area (Å²) in [6.45, 7) is 3.20. The molecule has 84 valence electrons. The van der Waals surface area contributed by atoms with Crippen molar-refractivity contribution in [1.82, 2.24) is 4.90 Å². The minimum atomic E-state index is -0.370. The Hall–Kier alpha value is -1.27. The molecule has 1 spiro atoms. The summed E-state index contributed by atoms with van der Waals surface area (Å²) < 4.78 is 5.53. The molecule has 4 atom stereocenters. The van der Waals surface area contributed by atoms with Gasteiger partial charge in [-0.2, -0.15) is 0 Å². The highest BCUT2D eigenvalue weighted by Crippen LogP contribution is 2.68. The zero-order chi connectivity index (χ0) is 11.6. The molecule has 0 N–H and O–H groups in total. The van der Waals surface area contributed by atoms with Gasteiger partial charge in [-0.15, -0.1) is 6.42 Å². The number of amides is 1. The monoisotopic (exact) mass is 217 g/mol. The van der Waals surface area contributed by atoms with Crippen molar-refractivity contribution in [2.45, 2.75) is 6.92 Å². The van der Waals surface area contributed by atoms with Crippen LogP contribution < -0.4 is 0 Å². The van der Waals surface area contributed by atoms with E-state index in [0.29, 0.717) is 13.2 Å². The number of terminal acetylenes is 1. The molecule has 0 bridgehead atoms. The lowest BCUT2D eigenvalue weighted by atomic mass is 9.40. The number of allylic oxidation sites excluding steroid dienone is 1. The molecule has 3 rings (SSSR count). The number of hydrogen-bond acceptors (Lipinski definition) is 2. The molecule has 1 amide bonds. The van der Waals surface area contributed by atoms with E-state index in [1.165, 1.54) is 0 Å². The van der Waals surface area contributed by atoms with Crippen LogP contribution in [0.5, 0.6) is 0 Å². The molecule has 3 heteroatoms. The van der Waals surface area contributed by atoms with Gasteiger partial charge in [-0.1, -0.05) is 12.0 Å². The first-order valence-electron chi connectivity index (χ1n) is 5.58. The zero-order valence-corrected chi connectivity index (χ0v) is 9.56. The van der Waals surface area contributed by atoms with Gasteiger partial charge in [-0.3, -0.25) is 4.79 Å². The van der Waals surface area contributed by atoms with Gasteiger partial charge in [0.2, 0.25) is 5.91 Å². The Morgan fingerprint density at radius 3 is 3.12 bits per heavy atom. The van der Waals surface area contributed by atoms with Gasteiger partial charge in [0, 0.05) is 30.5 Å². The van der Waals surface area contributed by atoms with Crippen LogP contribution in [0, 0.1) is 35.0 Å². The number of ether oxygens (including phenoxy) is 1. The van der Waals surface area contributed by atoms with E-state index in [1.54, 1.807) is 11.9 Å². The first kappa shape index (κ1) is 9.92. The standard InChI is InChI=1S/C13H15NO2/c1-4-12(2)9-5-6-14(3)11(15)13(9)8-16-7-10(12)13/h1,5-6,9-10H,7-8H2,2-3H3/t9-,10-,12-,13-/m1/s1. The van der Waals surface area contributed by atoms with Crippen molar-refractivity contribution in [3.8, 4) is 12.3 Å². The van der Waals surface area contributed by atoms with Crippen LogP contribution in [0.3, 0.4) is 0 Å². The van der Waals surface area contributed by atoms with Crippen LogP contribution in [-0.4, -0.2) is 31.1 Å². The van der Waals surface area contributed by atoms with Gasteiger partial charge >= 0.3 is 0 Å². The Labute approximate surface area is 95.4 Å². The second-order valence-electron chi connectivity index (χ2n) is 5.27. The maximum atomic E-state index is 12.3. The minimum absolute atomic E-state index is 0.140. The third-order valence-corrected chi connectivity index (χ3v) is 4.70. The normalized spacial score (nSPS) is 49.3. The van der Waals surface area contributed by atoms with Crippen LogP contribution in [0.2, 0.25) is 0 Å². The van der Waals surface area contributed by atoms with E-state index in [0.717, 1.165) is 0 Å². The molecule has 3 aliphatic rings. The van der Waals surface area contributed by atoms with E-state index in [9.17, 15) is 4.79 Å². The summed E-state index contributed by atoms with van der Waals surface area (Å²) in [5.41, 5.74) is -0.589. The van der Waals surface area contributed by atoms with Gasteiger partial charge in [0.1, 0.15) is 0 Å². The lowest BCUT2D eigenvalue weighted by molar-refractivity contribution is -0.171. The number of rotatable bonds is 0. The van der Waals surface area contributed by atoms with Gasteiger partial charge in [-0.05, 0) is 6.92 Å². The molecule has 2 fully saturated rings. The largest absolute Gasteiger partial charge is 0.380 e. The molecular formula is C13H15NO2. The maximum absolute atomic E-state index is 12.3. The summed E-state index contributed by atoms with van der Waals surface area (Å²) in [4.78, 5) is 14.0. The molecule has 0 radical (unpaired) electrons. The lowest BCUT2D eigenvalue weighted by Gasteiger charge is -2.61. The Morgan fingerprint density at radius 1 is 1.69 bits per heavy atom. The van der Waals surface area contributed by atoms with Crippen molar-refractivity contribution in [1.29, 1.82) is 0 Å². The maximum Gasteiger partial charge on any atom is 0.235 e. The number of carbonyl (C=O) groups is 1. The summed E-state index contributed by atoms with van der Waals surface area (Å²) >= 11 is 0. The van der Waals surface area contributed by atoms with E-state index in [4.69, 9.17) is 11.2 Å². The topological polar surface area (TPSA) is 29.5 Å². The highest BCUT2D eigenvalue weighted by Gasteiger charge is 2.74. The smallest absolute Gasteiger partial charge is 0.235 e. The molecule has 0 aromatic heterocycles. The minimum Gasteiger partial charge on any atom is -0.380 e. The summed E-state index contributed by atoms with van der Waals surface area (Å²) in [5, 5.41) is 0.